The molecular formula is C11H13FN4O2. The molecule has 2 unspecified atom stereocenters. The zero-order chi connectivity index (χ0) is 12.7. The first-order chi connectivity index (χ1) is 8.68. The van der Waals surface area contributed by atoms with Crippen molar-refractivity contribution in [3.8, 4) is 0 Å². The van der Waals surface area contributed by atoms with Gasteiger partial charge in [-0.3, -0.25) is 9.78 Å². The number of piperazine rings is 1. The lowest BCUT2D eigenvalue weighted by Gasteiger charge is -2.35. The van der Waals surface area contributed by atoms with E-state index in [0.717, 1.165) is 6.20 Å². The molecule has 2 atom stereocenters. The van der Waals surface area contributed by atoms with Crippen LogP contribution in [0.5, 0.6) is 0 Å². The summed E-state index contributed by atoms with van der Waals surface area (Å²) in [7, 11) is 0. The van der Waals surface area contributed by atoms with Gasteiger partial charge < -0.3 is 15.8 Å². The molecule has 96 valence electrons. The number of nitrogens with zero attached hydrogens (tertiary/aromatic N) is 2. The Morgan fingerprint density at radius 1 is 1.44 bits per heavy atom. The van der Waals surface area contributed by atoms with Gasteiger partial charge in [0.1, 0.15) is 18.6 Å². The summed E-state index contributed by atoms with van der Waals surface area (Å²) in [5.41, 5.74) is 6.46. The fraction of sp³-hybridized carbons (Fsp3) is 0.455. The van der Waals surface area contributed by atoms with E-state index in [9.17, 15) is 9.18 Å². The second-order valence-corrected chi connectivity index (χ2v) is 4.42. The van der Waals surface area contributed by atoms with E-state index < -0.39 is 5.82 Å². The van der Waals surface area contributed by atoms with Crippen molar-refractivity contribution in [2.75, 3.05) is 25.6 Å². The highest BCUT2D eigenvalue weighted by Gasteiger charge is 2.43. The Morgan fingerprint density at radius 3 is 3.00 bits per heavy atom. The summed E-state index contributed by atoms with van der Waals surface area (Å²) < 4.78 is 18.9. The Bertz CT molecular complexity index is 476. The molecular weight excluding hydrogens is 239 g/mol. The second-order valence-electron chi connectivity index (χ2n) is 4.42. The van der Waals surface area contributed by atoms with Crippen LogP contribution in [0.15, 0.2) is 12.4 Å². The molecule has 3 heterocycles. The number of hydrogen-bond acceptors (Lipinski definition) is 6. The molecule has 3 rings (SSSR count). The summed E-state index contributed by atoms with van der Waals surface area (Å²) in [5.74, 6) is -0.734. The second kappa shape index (κ2) is 4.18. The first kappa shape index (κ1) is 11.4. The van der Waals surface area contributed by atoms with Crippen molar-refractivity contribution in [1.82, 2.24) is 15.2 Å². The summed E-state index contributed by atoms with van der Waals surface area (Å²) in [5, 5.41) is 3.10. The number of aromatic nitrogens is 1. The summed E-state index contributed by atoms with van der Waals surface area (Å²) in [6, 6.07) is -0.672. The van der Waals surface area contributed by atoms with Crippen molar-refractivity contribution in [2.24, 2.45) is 0 Å². The highest BCUT2D eigenvalue weighted by Crippen LogP contribution is 2.33. The minimum atomic E-state index is -0.457. The van der Waals surface area contributed by atoms with Crippen LogP contribution in [0.3, 0.4) is 0 Å². The average Bonchev–Trinajstić information content (AvgIpc) is 2.72. The monoisotopic (exact) mass is 252 g/mol. The van der Waals surface area contributed by atoms with Crippen molar-refractivity contribution >= 4 is 11.7 Å². The van der Waals surface area contributed by atoms with E-state index in [0.29, 0.717) is 24.3 Å². The quantitative estimate of drug-likeness (QED) is 0.664. The lowest BCUT2D eigenvalue weighted by Crippen LogP contribution is -2.52. The highest BCUT2D eigenvalue weighted by molar-refractivity contribution is 5.78. The molecule has 18 heavy (non-hydrogen) atoms. The van der Waals surface area contributed by atoms with Crippen LogP contribution in [0.25, 0.3) is 0 Å². The van der Waals surface area contributed by atoms with Gasteiger partial charge in [0.15, 0.2) is 0 Å². The minimum Gasteiger partial charge on any atom is -0.448 e. The maximum absolute atomic E-state index is 13.9. The summed E-state index contributed by atoms with van der Waals surface area (Å²) in [6.07, 6.45) is 2.55. The van der Waals surface area contributed by atoms with Gasteiger partial charge in [-0.1, -0.05) is 0 Å². The predicted molar refractivity (Wildman–Crippen MR) is 60.8 cm³/mol. The van der Waals surface area contributed by atoms with Gasteiger partial charge in [0.05, 0.1) is 24.1 Å². The Hall–Kier alpha value is -1.73. The molecule has 0 saturated carbocycles. The van der Waals surface area contributed by atoms with Crippen LogP contribution < -0.4 is 11.1 Å². The molecule has 2 aliphatic heterocycles. The van der Waals surface area contributed by atoms with E-state index in [4.69, 9.17) is 10.5 Å². The average molecular weight is 252 g/mol. The van der Waals surface area contributed by atoms with Crippen LogP contribution >= 0.6 is 0 Å². The van der Waals surface area contributed by atoms with E-state index in [-0.39, 0.29) is 24.8 Å². The van der Waals surface area contributed by atoms with E-state index in [1.807, 2.05) is 4.90 Å². The van der Waals surface area contributed by atoms with Crippen molar-refractivity contribution in [3.05, 3.63) is 23.8 Å². The van der Waals surface area contributed by atoms with Gasteiger partial charge >= 0.3 is 5.97 Å². The summed E-state index contributed by atoms with van der Waals surface area (Å²) in [4.78, 5) is 17.0. The van der Waals surface area contributed by atoms with E-state index >= 15 is 0 Å². The molecule has 0 amide bonds. The maximum atomic E-state index is 13.9. The number of cyclic esters (lactones) is 1. The largest absolute Gasteiger partial charge is 0.448 e. The first-order valence-corrected chi connectivity index (χ1v) is 5.70. The zero-order valence-corrected chi connectivity index (χ0v) is 9.60. The lowest BCUT2D eigenvalue weighted by molar-refractivity contribution is -0.139. The predicted octanol–water partition coefficient (Wildman–Crippen LogP) is -0.368. The fourth-order valence-electron chi connectivity index (χ4n) is 2.52. The van der Waals surface area contributed by atoms with Crippen LogP contribution in [0.2, 0.25) is 0 Å². The van der Waals surface area contributed by atoms with E-state index in [1.54, 1.807) is 0 Å². The van der Waals surface area contributed by atoms with Crippen LogP contribution in [-0.2, 0) is 9.53 Å². The molecule has 3 N–H and O–H groups in total. The molecule has 0 radical (unpaired) electrons. The number of nitrogens with one attached hydrogen (secondary N) is 1. The van der Waals surface area contributed by atoms with E-state index in [2.05, 4.69) is 10.3 Å². The van der Waals surface area contributed by atoms with Gasteiger partial charge in [-0.2, -0.15) is 0 Å². The van der Waals surface area contributed by atoms with Crippen molar-refractivity contribution in [2.45, 2.75) is 12.1 Å². The Morgan fingerprint density at radius 2 is 2.22 bits per heavy atom. The van der Waals surface area contributed by atoms with Gasteiger partial charge in [-0.05, 0) is 0 Å². The molecule has 2 fully saturated rings. The normalized spacial score (nSPS) is 27.9. The maximum Gasteiger partial charge on any atom is 0.326 e. The Balaban J connectivity index is 1.98. The number of nitrogens with two attached hydrogens (primary N) is 1. The molecule has 0 aliphatic carbocycles. The van der Waals surface area contributed by atoms with E-state index in [1.165, 1.54) is 6.20 Å². The molecule has 6 nitrogen and oxygen atoms in total. The number of nitrogen functional groups attached to an aromatic ring is 1. The molecule has 0 aromatic carbocycles. The SMILES string of the molecule is Nc1cncc(F)c1C1CNCC2C(=O)OCN21. The topological polar surface area (TPSA) is 80.5 Å². The lowest BCUT2D eigenvalue weighted by atomic mass is 10.0. The summed E-state index contributed by atoms with van der Waals surface area (Å²) >= 11 is 0. The number of pyridine rings is 1. The summed E-state index contributed by atoms with van der Waals surface area (Å²) in [6.45, 7) is 1.22. The van der Waals surface area contributed by atoms with Crippen molar-refractivity contribution in [3.63, 3.8) is 0 Å². The number of carbonyl (C=O) groups excluding carboxylic acids is 1. The minimum absolute atomic E-state index is 0.178. The van der Waals surface area contributed by atoms with Crippen molar-refractivity contribution in [1.29, 1.82) is 0 Å². The molecule has 2 saturated heterocycles. The number of halogens is 1. The smallest absolute Gasteiger partial charge is 0.326 e. The van der Waals surface area contributed by atoms with Gasteiger partial charge in [-0.25, -0.2) is 9.29 Å². The standard InChI is InChI=1S/C11H13FN4O2/c12-6-1-14-2-7(13)10(6)8-3-15-4-9-11(17)18-5-16(8)9/h1-2,8-9,15H,3-5,13H2. The molecule has 1 aromatic rings. The fourth-order valence-corrected chi connectivity index (χ4v) is 2.52. The number of ether oxygens (including phenoxy) is 1. The zero-order valence-electron chi connectivity index (χ0n) is 9.60. The molecule has 1 aromatic heterocycles. The number of rotatable bonds is 1. The van der Waals surface area contributed by atoms with Gasteiger partial charge in [0.2, 0.25) is 0 Å². The Labute approximate surface area is 103 Å². The van der Waals surface area contributed by atoms with Crippen LogP contribution in [0.4, 0.5) is 10.1 Å². The van der Waals surface area contributed by atoms with Gasteiger partial charge in [0, 0.05) is 18.7 Å². The van der Waals surface area contributed by atoms with Gasteiger partial charge in [0.25, 0.3) is 0 Å². The third kappa shape index (κ3) is 1.63. The van der Waals surface area contributed by atoms with Gasteiger partial charge in [-0.15, -0.1) is 0 Å². The Kier molecular flexibility index (Phi) is 2.64. The van der Waals surface area contributed by atoms with Crippen LogP contribution in [0.1, 0.15) is 11.6 Å². The molecule has 0 bridgehead atoms. The number of carbonyl (C=O) groups is 1. The molecule has 7 heteroatoms. The number of anilines is 1. The van der Waals surface area contributed by atoms with Crippen LogP contribution in [-0.4, -0.2) is 41.7 Å². The van der Waals surface area contributed by atoms with Crippen LogP contribution in [0, 0.1) is 5.82 Å². The first-order valence-electron chi connectivity index (χ1n) is 5.70. The number of fused-ring (bicyclic) bond motifs is 1. The third-order valence-corrected chi connectivity index (χ3v) is 3.41. The number of esters is 1. The third-order valence-electron chi connectivity index (χ3n) is 3.41. The van der Waals surface area contributed by atoms with Crippen molar-refractivity contribution < 1.29 is 13.9 Å². The number of hydrogen-bond donors (Lipinski definition) is 2. The highest BCUT2D eigenvalue weighted by atomic mass is 19.1. The molecule has 2 aliphatic rings. The molecule has 0 spiro atoms.